The van der Waals surface area contributed by atoms with Crippen LogP contribution in [0.1, 0.15) is 47.6 Å². The van der Waals surface area contributed by atoms with Gasteiger partial charge in [-0.25, -0.2) is 4.98 Å². The number of hydrogen-bond acceptors (Lipinski definition) is 5. The maximum absolute atomic E-state index is 12.4. The van der Waals surface area contributed by atoms with Gasteiger partial charge in [-0.15, -0.1) is 0 Å². The Hall–Kier alpha value is -3.00. The molecule has 1 fully saturated rings. The summed E-state index contributed by atoms with van der Waals surface area (Å²) in [4.78, 5) is 29.0. The van der Waals surface area contributed by atoms with E-state index in [-0.39, 0.29) is 11.8 Å². The van der Waals surface area contributed by atoms with Crippen molar-refractivity contribution in [2.45, 2.75) is 50.4 Å². The maximum Gasteiger partial charge on any atom is 0.251 e. The summed E-state index contributed by atoms with van der Waals surface area (Å²) in [5.41, 5.74) is 1.45. The van der Waals surface area contributed by atoms with Crippen molar-refractivity contribution in [3.63, 3.8) is 0 Å². The van der Waals surface area contributed by atoms with Crippen molar-refractivity contribution in [3.05, 3.63) is 65.9 Å². The molecule has 7 nitrogen and oxygen atoms in total. The smallest absolute Gasteiger partial charge is 0.251 e. The quantitative estimate of drug-likeness (QED) is 0.522. The number of amides is 2. The first-order chi connectivity index (χ1) is 15.1. The van der Waals surface area contributed by atoms with Gasteiger partial charge in [-0.2, -0.15) is 0 Å². The molecule has 1 saturated carbocycles. The van der Waals surface area contributed by atoms with Gasteiger partial charge in [-0.05, 0) is 56.2 Å². The van der Waals surface area contributed by atoms with Crippen LogP contribution in [-0.2, 0) is 11.3 Å². The van der Waals surface area contributed by atoms with Gasteiger partial charge in [-0.1, -0.05) is 24.6 Å². The van der Waals surface area contributed by atoms with Crippen molar-refractivity contribution in [1.82, 2.24) is 20.2 Å². The van der Waals surface area contributed by atoms with Gasteiger partial charge in [0.25, 0.3) is 5.91 Å². The minimum absolute atomic E-state index is 0.0465. The molecular weight excluding hydrogens is 412 g/mol. The molecule has 0 atom stereocenters. The number of nitrogens with one attached hydrogen (secondary N) is 2. The molecule has 162 valence electrons. The predicted molar refractivity (Wildman–Crippen MR) is 119 cm³/mol. The molecule has 2 aromatic heterocycles. The number of rotatable bonds is 8. The lowest BCUT2D eigenvalue weighted by Crippen LogP contribution is -2.33. The lowest BCUT2D eigenvalue weighted by molar-refractivity contribution is -0.119. The molecule has 1 aliphatic carbocycles. The Morgan fingerprint density at radius 3 is 2.65 bits per heavy atom. The maximum atomic E-state index is 12.4. The Bertz CT molecular complexity index is 1040. The van der Waals surface area contributed by atoms with Crippen LogP contribution < -0.4 is 10.6 Å². The van der Waals surface area contributed by atoms with Gasteiger partial charge in [0.2, 0.25) is 5.91 Å². The first-order valence-corrected chi connectivity index (χ1v) is 11.5. The summed E-state index contributed by atoms with van der Waals surface area (Å²) >= 11 is 1.41. The van der Waals surface area contributed by atoms with E-state index in [1.54, 1.807) is 18.3 Å². The summed E-state index contributed by atoms with van der Waals surface area (Å²) in [7, 11) is 0. The first kappa shape index (κ1) is 21.2. The zero-order valence-electron chi connectivity index (χ0n) is 17.5. The number of thioether (sulfide) groups is 1. The molecule has 2 N–H and O–H groups in total. The Balaban J connectivity index is 1.33. The number of benzene rings is 1. The standard InChI is InChI=1S/C23H26N4O3S/c1-16-6-11-20(30-16)14-25-22(29)17-7-9-19(10-8-17)27-13-12-24-23(27)31-15-21(28)26-18-4-2-3-5-18/h6-13,18H,2-5,14-15H2,1H3,(H,25,29)(H,26,28). The minimum atomic E-state index is -0.163. The summed E-state index contributed by atoms with van der Waals surface area (Å²) in [6.45, 7) is 2.22. The molecule has 0 radical (unpaired) electrons. The molecule has 2 amide bonds. The third-order valence-corrected chi connectivity index (χ3v) is 6.25. The Labute approximate surface area is 185 Å². The number of carbonyl (C=O) groups is 2. The molecule has 0 unspecified atom stereocenters. The Morgan fingerprint density at radius 2 is 1.94 bits per heavy atom. The number of hydrogen-bond donors (Lipinski definition) is 2. The van der Waals surface area contributed by atoms with Gasteiger partial charge >= 0.3 is 0 Å². The van der Waals surface area contributed by atoms with E-state index in [1.807, 2.05) is 42.0 Å². The summed E-state index contributed by atoms with van der Waals surface area (Å²) in [6.07, 6.45) is 8.10. The summed E-state index contributed by atoms with van der Waals surface area (Å²) < 4.78 is 7.39. The van der Waals surface area contributed by atoms with E-state index in [1.165, 1.54) is 24.6 Å². The number of imidazole rings is 1. The molecule has 1 aromatic carbocycles. The number of carbonyl (C=O) groups excluding carboxylic acids is 2. The van der Waals surface area contributed by atoms with Crippen LogP contribution in [0.3, 0.4) is 0 Å². The highest BCUT2D eigenvalue weighted by Crippen LogP contribution is 2.22. The van der Waals surface area contributed by atoms with Gasteiger partial charge in [-0.3, -0.25) is 14.2 Å². The Kier molecular flexibility index (Phi) is 6.76. The molecular formula is C23H26N4O3S. The zero-order valence-corrected chi connectivity index (χ0v) is 18.3. The molecule has 3 aromatic rings. The average molecular weight is 439 g/mol. The Morgan fingerprint density at radius 1 is 1.16 bits per heavy atom. The van der Waals surface area contributed by atoms with Gasteiger partial charge in [0.05, 0.1) is 12.3 Å². The highest BCUT2D eigenvalue weighted by molar-refractivity contribution is 7.99. The van der Waals surface area contributed by atoms with E-state index < -0.39 is 0 Å². The lowest BCUT2D eigenvalue weighted by atomic mass is 10.2. The fraction of sp³-hybridized carbons (Fsp3) is 0.348. The van der Waals surface area contributed by atoms with Crippen molar-refractivity contribution >= 4 is 23.6 Å². The SMILES string of the molecule is Cc1ccc(CNC(=O)c2ccc(-n3ccnc3SCC(=O)NC3CCCC3)cc2)o1. The lowest BCUT2D eigenvalue weighted by Gasteiger charge is -2.12. The summed E-state index contributed by atoms with van der Waals surface area (Å²) in [5, 5.41) is 6.70. The van der Waals surface area contributed by atoms with Crippen LogP contribution in [-0.4, -0.2) is 33.2 Å². The van der Waals surface area contributed by atoms with Crippen LogP contribution in [0.25, 0.3) is 5.69 Å². The van der Waals surface area contributed by atoms with Crippen molar-refractivity contribution in [2.75, 3.05) is 5.75 Å². The van der Waals surface area contributed by atoms with E-state index in [9.17, 15) is 9.59 Å². The van der Waals surface area contributed by atoms with E-state index in [2.05, 4.69) is 15.6 Å². The van der Waals surface area contributed by atoms with Crippen molar-refractivity contribution in [3.8, 4) is 5.69 Å². The van der Waals surface area contributed by atoms with E-state index in [0.717, 1.165) is 35.2 Å². The number of aromatic nitrogens is 2. The fourth-order valence-corrected chi connectivity index (χ4v) is 4.47. The summed E-state index contributed by atoms with van der Waals surface area (Å²) in [5.74, 6) is 1.76. The van der Waals surface area contributed by atoms with Gasteiger partial charge in [0.1, 0.15) is 11.5 Å². The molecule has 0 spiro atoms. The largest absolute Gasteiger partial charge is 0.465 e. The minimum Gasteiger partial charge on any atom is -0.465 e. The molecule has 0 bridgehead atoms. The number of nitrogens with zero attached hydrogens (tertiary/aromatic N) is 2. The number of furan rings is 1. The van der Waals surface area contributed by atoms with Crippen LogP contribution in [0.5, 0.6) is 0 Å². The molecule has 31 heavy (non-hydrogen) atoms. The van der Waals surface area contributed by atoms with E-state index in [4.69, 9.17) is 4.42 Å². The van der Waals surface area contributed by atoms with E-state index >= 15 is 0 Å². The highest BCUT2D eigenvalue weighted by Gasteiger charge is 2.18. The van der Waals surface area contributed by atoms with Crippen LogP contribution in [0.2, 0.25) is 0 Å². The summed E-state index contributed by atoms with van der Waals surface area (Å²) in [6, 6.07) is 11.3. The molecule has 0 aliphatic heterocycles. The highest BCUT2D eigenvalue weighted by atomic mass is 32.2. The van der Waals surface area contributed by atoms with Gasteiger partial charge in [0, 0.05) is 29.7 Å². The molecule has 4 rings (SSSR count). The van der Waals surface area contributed by atoms with Crippen LogP contribution >= 0.6 is 11.8 Å². The second-order valence-electron chi connectivity index (χ2n) is 7.66. The zero-order chi connectivity index (χ0) is 21.6. The van der Waals surface area contributed by atoms with Gasteiger partial charge in [0.15, 0.2) is 5.16 Å². The first-order valence-electron chi connectivity index (χ1n) is 10.5. The topological polar surface area (TPSA) is 89.2 Å². The van der Waals surface area contributed by atoms with Crippen molar-refractivity contribution in [1.29, 1.82) is 0 Å². The molecule has 1 aliphatic rings. The molecule has 8 heteroatoms. The predicted octanol–water partition coefficient (Wildman–Crippen LogP) is 3.85. The third-order valence-electron chi connectivity index (χ3n) is 5.29. The van der Waals surface area contributed by atoms with Crippen molar-refractivity contribution < 1.29 is 14.0 Å². The fourth-order valence-electron chi connectivity index (χ4n) is 3.69. The average Bonchev–Trinajstić information content (AvgIpc) is 3.53. The van der Waals surface area contributed by atoms with Crippen LogP contribution in [0.15, 0.2) is 58.4 Å². The van der Waals surface area contributed by atoms with Crippen LogP contribution in [0, 0.1) is 6.92 Å². The van der Waals surface area contributed by atoms with Crippen LogP contribution in [0.4, 0.5) is 0 Å². The normalized spacial score (nSPS) is 14.0. The second-order valence-corrected chi connectivity index (χ2v) is 8.60. The number of aryl methyl sites for hydroxylation is 1. The van der Waals surface area contributed by atoms with Crippen molar-refractivity contribution in [2.24, 2.45) is 0 Å². The molecule has 2 heterocycles. The monoisotopic (exact) mass is 438 g/mol. The van der Waals surface area contributed by atoms with E-state index in [0.29, 0.717) is 23.9 Å². The third kappa shape index (κ3) is 5.58. The molecule has 0 saturated heterocycles. The second kappa shape index (κ2) is 9.87. The van der Waals surface area contributed by atoms with Gasteiger partial charge < -0.3 is 15.1 Å².